The molecule has 1 N–H and O–H groups in total. The molecule has 0 saturated heterocycles. The number of carbonyl (C=O) groups excluding carboxylic acids is 1. The first-order chi connectivity index (χ1) is 17.5. The molecule has 1 heterocycles. The van der Waals surface area contributed by atoms with E-state index in [1.54, 1.807) is 7.11 Å². The van der Waals surface area contributed by atoms with E-state index < -0.39 is 4.92 Å². The number of amides is 1. The SMILES string of the molecule is COc1ccc(-c2cc(-c3ccccc3)nc(SCC(=O)Nc3ccc([N+](=O)[O-])cc3)c2C#N)cc1. The van der Waals surface area contributed by atoms with Gasteiger partial charge < -0.3 is 10.1 Å². The zero-order valence-corrected chi connectivity index (χ0v) is 20.0. The van der Waals surface area contributed by atoms with Gasteiger partial charge in [0.2, 0.25) is 5.91 Å². The van der Waals surface area contributed by atoms with Gasteiger partial charge in [-0.05, 0) is 35.9 Å². The van der Waals surface area contributed by atoms with Gasteiger partial charge in [0.15, 0.2) is 0 Å². The van der Waals surface area contributed by atoms with E-state index in [0.717, 1.165) is 22.9 Å². The predicted molar refractivity (Wildman–Crippen MR) is 139 cm³/mol. The molecule has 0 fully saturated rings. The van der Waals surface area contributed by atoms with E-state index in [0.29, 0.717) is 33.3 Å². The Labute approximate surface area is 211 Å². The normalized spacial score (nSPS) is 10.3. The van der Waals surface area contributed by atoms with Gasteiger partial charge in [-0.3, -0.25) is 14.9 Å². The second-order valence-corrected chi connectivity index (χ2v) is 8.55. The highest BCUT2D eigenvalue weighted by atomic mass is 32.2. The molecule has 4 aromatic rings. The lowest BCUT2D eigenvalue weighted by atomic mass is 9.99. The van der Waals surface area contributed by atoms with Gasteiger partial charge in [-0.1, -0.05) is 54.2 Å². The molecule has 3 aromatic carbocycles. The standard InChI is InChI=1S/C27H20N4O4S/c1-35-22-13-7-18(8-14-22)23-15-25(19-5-3-2-4-6-19)30-27(24(23)16-28)36-17-26(32)29-20-9-11-21(12-10-20)31(33)34/h2-15H,17H2,1H3,(H,29,32). The highest BCUT2D eigenvalue weighted by Gasteiger charge is 2.17. The molecule has 0 radical (unpaired) electrons. The fraction of sp³-hybridized carbons (Fsp3) is 0.0741. The first-order valence-corrected chi connectivity index (χ1v) is 11.8. The Morgan fingerprint density at radius 3 is 2.36 bits per heavy atom. The fourth-order valence-electron chi connectivity index (χ4n) is 3.49. The molecule has 0 atom stereocenters. The Balaban J connectivity index is 1.63. The summed E-state index contributed by atoms with van der Waals surface area (Å²) in [5.41, 5.74) is 3.84. The summed E-state index contributed by atoms with van der Waals surface area (Å²) in [5.74, 6) is 0.377. The van der Waals surface area contributed by atoms with E-state index in [2.05, 4.69) is 11.4 Å². The quantitative estimate of drug-likeness (QED) is 0.182. The van der Waals surface area contributed by atoms with Crippen LogP contribution in [0.4, 0.5) is 11.4 Å². The van der Waals surface area contributed by atoms with Crippen molar-refractivity contribution in [3.63, 3.8) is 0 Å². The number of hydrogen-bond donors (Lipinski definition) is 1. The molecule has 36 heavy (non-hydrogen) atoms. The summed E-state index contributed by atoms with van der Waals surface area (Å²) >= 11 is 1.15. The molecule has 4 rings (SSSR count). The van der Waals surface area contributed by atoms with Crippen molar-refractivity contribution in [1.82, 2.24) is 4.98 Å². The molecular weight excluding hydrogens is 476 g/mol. The Bertz CT molecular complexity index is 1430. The minimum atomic E-state index is -0.503. The summed E-state index contributed by atoms with van der Waals surface area (Å²) in [4.78, 5) is 27.6. The van der Waals surface area contributed by atoms with Crippen molar-refractivity contribution in [3.05, 3.63) is 101 Å². The number of methoxy groups -OCH3 is 1. The average molecular weight is 497 g/mol. The molecule has 1 aromatic heterocycles. The summed E-state index contributed by atoms with van der Waals surface area (Å²) < 4.78 is 5.25. The van der Waals surface area contributed by atoms with Crippen LogP contribution in [0.25, 0.3) is 22.4 Å². The van der Waals surface area contributed by atoms with Gasteiger partial charge in [0, 0.05) is 28.9 Å². The van der Waals surface area contributed by atoms with Crippen LogP contribution in [0.2, 0.25) is 0 Å². The first-order valence-electron chi connectivity index (χ1n) is 10.8. The molecule has 178 valence electrons. The second-order valence-electron chi connectivity index (χ2n) is 7.58. The van der Waals surface area contributed by atoms with Crippen LogP contribution in [0, 0.1) is 21.4 Å². The number of hydrogen-bond acceptors (Lipinski definition) is 7. The third-order valence-electron chi connectivity index (χ3n) is 5.27. The second kappa shape index (κ2) is 11.2. The number of nitrogens with one attached hydrogen (secondary N) is 1. The maximum atomic E-state index is 12.6. The largest absolute Gasteiger partial charge is 0.497 e. The molecule has 1 amide bonds. The third-order valence-corrected chi connectivity index (χ3v) is 6.25. The molecule has 0 saturated carbocycles. The predicted octanol–water partition coefficient (Wildman–Crippen LogP) is 5.93. The van der Waals surface area contributed by atoms with Gasteiger partial charge in [0.1, 0.15) is 16.8 Å². The molecule has 0 unspecified atom stereocenters. The summed E-state index contributed by atoms with van der Waals surface area (Å²) in [7, 11) is 1.59. The lowest BCUT2D eigenvalue weighted by Crippen LogP contribution is -2.14. The summed E-state index contributed by atoms with van der Waals surface area (Å²) in [6.07, 6.45) is 0. The lowest BCUT2D eigenvalue weighted by molar-refractivity contribution is -0.384. The van der Waals surface area contributed by atoms with E-state index in [1.165, 1.54) is 24.3 Å². The maximum Gasteiger partial charge on any atom is 0.269 e. The lowest BCUT2D eigenvalue weighted by Gasteiger charge is -2.13. The zero-order valence-electron chi connectivity index (χ0n) is 19.2. The zero-order chi connectivity index (χ0) is 25.5. The summed E-state index contributed by atoms with van der Waals surface area (Å²) in [6, 6.07) is 26.7. The Morgan fingerprint density at radius 1 is 1.06 bits per heavy atom. The van der Waals surface area contributed by atoms with Gasteiger partial charge in [0.25, 0.3) is 5.69 Å². The van der Waals surface area contributed by atoms with Gasteiger partial charge in [-0.25, -0.2) is 4.98 Å². The van der Waals surface area contributed by atoms with Crippen molar-refractivity contribution >= 4 is 29.0 Å². The number of nitriles is 1. The number of non-ortho nitro benzene ring substituents is 1. The minimum Gasteiger partial charge on any atom is -0.497 e. The van der Waals surface area contributed by atoms with E-state index in [9.17, 15) is 20.2 Å². The van der Waals surface area contributed by atoms with Crippen LogP contribution in [-0.2, 0) is 4.79 Å². The maximum absolute atomic E-state index is 12.6. The summed E-state index contributed by atoms with van der Waals surface area (Å²) in [5, 5.41) is 24.0. The van der Waals surface area contributed by atoms with Crippen molar-refractivity contribution in [3.8, 4) is 34.2 Å². The highest BCUT2D eigenvalue weighted by Crippen LogP contribution is 2.35. The van der Waals surface area contributed by atoms with E-state index in [4.69, 9.17) is 9.72 Å². The topological polar surface area (TPSA) is 118 Å². The van der Waals surface area contributed by atoms with Crippen molar-refractivity contribution in [2.24, 2.45) is 0 Å². The van der Waals surface area contributed by atoms with Gasteiger partial charge >= 0.3 is 0 Å². The van der Waals surface area contributed by atoms with E-state index in [-0.39, 0.29) is 17.3 Å². The third kappa shape index (κ3) is 5.68. The molecule has 0 bridgehead atoms. The molecule has 0 aliphatic rings. The number of anilines is 1. The Morgan fingerprint density at radius 2 is 1.75 bits per heavy atom. The number of carbonyl (C=O) groups is 1. The van der Waals surface area contributed by atoms with Crippen molar-refractivity contribution < 1.29 is 14.5 Å². The number of rotatable bonds is 8. The fourth-order valence-corrected chi connectivity index (χ4v) is 4.29. The van der Waals surface area contributed by atoms with Gasteiger partial charge in [-0.15, -0.1) is 0 Å². The number of nitro benzene ring substituents is 1. The minimum absolute atomic E-state index is 0.00103. The molecule has 8 nitrogen and oxygen atoms in total. The van der Waals surface area contributed by atoms with Crippen LogP contribution >= 0.6 is 11.8 Å². The smallest absolute Gasteiger partial charge is 0.269 e. The van der Waals surface area contributed by atoms with Crippen LogP contribution in [0.1, 0.15) is 5.56 Å². The van der Waals surface area contributed by atoms with Crippen LogP contribution < -0.4 is 10.1 Å². The van der Waals surface area contributed by atoms with Crippen molar-refractivity contribution in [2.75, 3.05) is 18.2 Å². The van der Waals surface area contributed by atoms with Crippen molar-refractivity contribution in [2.45, 2.75) is 5.03 Å². The number of aromatic nitrogens is 1. The molecule has 0 aliphatic carbocycles. The Kier molecular flexibility index (Phi) is 7.58. The number of thioether (sulfide) groups is 1. The van der Waals surface area contributed by atoms with Crippen molar-refractivity contribution in [1.29, 1.82) is 5.26 Å². The van der Waals surface area contributed by atoms with Crippen LogP contribution in [0.15, 0.2) is 90.0 Å². The molecule has 9 heteroatoms. The van der Waals surface area contributed by atoms with E-state index in [1.807, 2.05) is 60.7 Å². The van der Waals surface area contributed by atoms with Gasteiger partial charge in [0.05, 0.1) is 29.0 Å². The Hall–Kier alpha value is -4.68. The number of benzene rings is 3. The van der Waals surface area contributed by atoms with Crippen LogP contribution in [0.5, 0.6) is 5.75 Å². The first kappa shape index (κ1) is 24.4. The van der Waals surface area contributed by atoms with Crippen LogP contribution in [-0.4, -0.2) is 28.7 Å². The number of ether oxygens (including phenoxy) is 1. The number of pyridine rings is 1. The number of nitro groups is 1. The molecule has 0 spiro atoms. The van der Waals surface area contributed by atoms with Gasteiger partial charge in [-0.2, -0.15) is 5.26 Å². The summed E-state index contributed by atoms with van der Waals surface area (Å²) in [6.45, 7) is 0. The monoisotopic (exact) mass is 496 g/mol. The highest BCUT2D eigenvalue weighted by molar-refractivity contribution is 8.00. The van der Waals surface area contributed by atoms with Crippen LogP contribution in [0.3, 0.4) is 0 Å². The number of nitrogens with zero attached hydrogens (tertiary/aromatic N) is 3. The molecular formula is C27H20N4O4S. The average Bonchev–Trinajstić information content (AvgIpc) is 2.92. The molecule has 0 aliphatic heterocycles. The van der Waals surface area contributed by atoms with E-state index >= 15 is 0 Å².